The van der Waals surface area contributed by atoms with Crippen LogP contribution >= 0.6 is 0 Å². The molecule has 0 bridgehead atoms. The van der Waals surface area contributed by atoms with Crippen molar-refractivity contribution in [2.24, 2.45) is 0 Å². The SMILES string of the molecule is CC(C(=O)O)(c1ccccc1)[N+](=O)[O-].[NaH]. The molecule has 1 N–H and O–H groups in total. The van der Waals surface area contributed by atoms with Gasteiger partial charge in [0.25, 0.3) is 0 Å². The molecule has 0 aliphatic rings. The summed E-state index contributed by atoms with van der Waals surface area (Å²) in [5.74, 6) is -1.46. The minimum absolute atomic E-state index is 0. The van der Waals surface area contributed by atoms with E-state index in [1.807, 2.05) is 0 Å². The van der Waals surface area contributed by atoms with E-state index in [0.717, 1.165) is 6.92 Å². The summed E-state index contributed by atoms with van der Waals surface area (Å²) in [6.45, 7) is 1.07. The van der Waals surface area contributed by atoms with Crippen LogP contribution in [0.3, 0.4) is 0 Å². The number of hydrogen-bond donors (Lipinski definition) is 1. The van der Waals surface area contributed by atoms with Crippen LogP contribution in [0.15, 0.2) is 30.3 Å². The fraction of sp³-hybridized carbons (Fsp3) is 0.222. The van der Waals surface area contributed by atoms with Crippen LogP contribution in [0.2, 0.25) is 0 Å². The topological polar surface area (TPSA) is 80.4 Å². The van der Waals surface area contributed by atoms with Gasteiger partial charge in [0.2, 0.25) is 0 Å². The first-order valence-corrected chi connectivity index (χ1v) is 3.93. The summed E-state index contributed by atoms with van der Waals surface area (Å²) in [5.41, 5.74) is -1.90. The van der Waals surface area contributed by atoms with Gasteiger partial charge in [-0.2, -0.15) is 0 Å². The van der Waals surface area contributed by atoms with Crippen molar-refractivity contribution in [3.63, 3.8) is 0 Å². The second-order valence-corrected chi connectivity index (χ2v) is 3.00. The third kappa shape index (κ3) is 2.56. The standard InChI is InChI=1S/C9H9NO4.Na.H/c1-9(8(11)12,10(13)14)7-5-3-2-4-6-7;;/h2-6H,1H3,(H,11,12);;. The van der Waals surface area contributed by atoms with Crippen LogP contribution < -0.4 is 0 Å². The fourth-order valence-corrected chi connectivity index (χ4v) is 1.07. The van der Waals surface area contributed by atoms with Crippen LogP contribution in [0.25, 0.3) is 0 Å². The van der Waals surface area contributed by atoms with Crippen molar-refractivity contribution < 1.29 is 14.8 Å². The van der Waals surface area contributed by atoms with Gasteiger partial charge in [0.1, 0.15) is 0 Å². The first kappa shape index (κ1) is 14.1. The van der Waals surface area contributed by atoms with Crippen LogP contribution in [-0.4, -0.2) is 45.6 Å². The van der Waals surface area contributed by atoms with E-state index < -0.39 is 16.4 Å². The van der Waals surface area contributed by atoms with E-state index in [-0.39, 0.29) is 35.1 Å². The zero-order chi connectivity index (χ0) is 10.8. The van der Waals surface area contributed by atoms with Gasteiger partial charge < -0.3 is 5.11 Å². The molecule has 6 heteroatoms. The van der Waals surface area contributed by atoms with Crippen LogP contribution in [-0.2, 0) is 10.3 Å². The molecule has 0 aromatic heterocycles. The van der Waals surface area contributed by atoms with Crippen LogP contribution in [0, 0.1) is 10.1 Å². The predicted octanol–water partition coefficient (Wildman–Crippen LogP) is 0.615. The van der Waals surface area contributed by atoms with E-state index in [1.165, 1.54) is 12.1 Å². The quantitative estimate of drug-likeness (QED) is 0.459. The molecule has 0 aliphatic carbocycles. The van der Waals surface area contributed by atoms with Crippen molar-refractivity contribution in [3.05, 3.63) is 46.0 Å². The summed E-state index contributed by atoms with van der Waals surface area (Å²) in [6.07, 6.45) is 0. The molecule has 0 aliphatic heterocycles. The number of carbonyl (C=O) groups is 1. The van der Waals surface area contributed by atoms with Gasteiger partial charge in [0.15, 0.2) is 0 Å². The molecule has 1 aromatic rings. The first-order chi connectivity index (χ1) is 6.49. The number of carboxylic acid groups (broad SMARTS) is 1. The number of benzene rings is 1. The van der Waals surface area contributed by atoms with Crippen molar-refractivity contribution >= 4 is 35.5 Å². The average Bonchev–Trinajstić information content (AvgIpc) is 2.17. The predicted molar refractivity (Wildman–Crippen MR) is 55.6 cm³/mol. The Balaban J connectivity index is 0.00000196. The molecule has 0 spiro atoms. The molecule has 0 saturated heterocycles. The van der Waals surface area contributed by atoms with Crippen molar-refractivity contribution in [1.29, 1.82) is 0 Å². The molecule has 0 heterocycles. The van der Waals surface area contributed by atoms with Crippen molar-refractivity contribution in [2.75, 3.05) is 0 Å². The molecule has 0 saturated carbocycles. The third-order valence-corrected chi connectivity index (χ3v) is 2.12. The summed E-state index contributed by atoms with van der Waals surface area (Å²) >= 11 is 0. The average molecular weight is 219 g/mol. The fourth-order valence-electron chi connectivity index (χ4n) is 1.07. The molecule has 1 aromatic carbocycles. The summed E-state index contributed by atoms with van der Waals surface area (Å²) in [7, 11) is 0. The van der Waals surface area contributed by atoms with Crippen molar-refractivity contribution in [1.82, 2.24) is 0 Å². The van der Waals surface area contributed by atoms with Crippen molar-refractivity contribution in [3.8, 4) is 0 Å². The van der Waals surface area contributed by atoms with E-state index in [0.29, 0.717) is 0 Å². The Bertz CT molecular complexity index is 352. The van der Waals surface area contributed by atoms with E-state index in [1.54, 1.807) is 18.2 Å². The van der Waals surface area contributed by atoms with Gasteiger partial charge in [-0.3, -0.25) is 10.1 Å². The van der Waals surface area contributed by atoms with Gasteiger partial charge in [0, 0.05) is 17.4 Å². The second-order valence-electron chi connectivity index (χ2n) is 3.00. The molecule has 76 valence electrons. The van der Waals surface area contributed by atoms with Gasteiger partial charge in [0.05, 0.1) is 0 Å². The molecule has 1 unspecified atom stereocenters. The first-order valence-electron chi connectivity index (χ1n) is 3.93. The minimum atomic E-state index is -2.07. The Hall–Kier alpha value is -0.910. The number of hydrogen-bond acceptors (Lipinski definition) is 3. The van der Waals surface area contributed by atoms with Gasteiger partial charge in [-0.05, 0) is 0 Å². The van der Waals surface area contributed by atoms with Gasteiger partial charge in [-0.25, -0.2) is 4.79 Å². The van der Waals surface area contributed by atoms with Crippen LogP contribution in [0.1, 0.15) is 12.5 Å². The number of nitro groups is 1. The Labute approximate surface area is 109 Å². The zero-order valence-electron chi connectivity index (χ0n) is 7.51. The Morgan fingerprint density at radius 2 is 1.87 bits per heavy atom. The molecule has 0 fully saturated rings. The second kappa shape index (κ2) is 5.25. The van der Waals surface area contributed by atoms with Crippen LogP contribution in [0.4, 0.5) is 0 Å². The van der Waals surface area contributed by atoms with E-state index in [9.17, 15) is 14.9 Å². The Morgan fingerprint density at radius 3 is 2.20 bits per heavy atom. The van der Waals surface area contributed by atoms with Gasteiger partial charge >= 0.3 is 41.1 Å². The summed E-state index contributed by atoms with van der Waals surface area (Å²) < 4.78 is 0. The normalized spacial score (nSPS) is 13.4. The Morgan fingerprint density at radius 1 is 1.40 bits per heavy atom. The summed E-state index contributed by atoms with van der Waals surface area (Å²) in [6, 6.07) is 7.67. The number of aliphatic carboxylic acids is 1. The molecule has 0 radical (unpaired) electrons. The maximum absolute atomic E-state index is 10.8. The molecular formula is C9H10NNaO4. The molecule has 0 amide bonds. The summed E-state index contributed by atoms with van der Waals surface area (Å²) in [4.78, 5) is 20.7. The van der Waals surface area contributed by atoms with E-state index in [4.69, 9.17) is 5.11 Å². The molecule has 5 nitrogen and oxygen atoms in total. The van der Waals surface area contributed by atoms with Crippen molar-refractivity contribution in [2.45, 2.75) is 12.5 Å². The monoisotopic (exact) mass is 219 g/mol. The van der Waals surface area contributed by atoms with Gasteiger partial charge in [-0.1, -0.05) is 30.3 Å². The summed E-state index contributed by atoms with van der Waals surface area (Å²) in [5, 5.41) is 19.5. The number of carboxylic acids is 1. The van der Waals surface area contributed by atoms with E-state index in [2.05, 4.69) is 0 Å². The van der Waals surface area contributed by atoms with E-state index >= 15 is 0 Å². The molecular weight excluding hydrogens is 209 g/mol. The molecule has 1 rings (SSSR count). The molecule has 1 atom stereocenters. The number of nitrogens with zero attached hydrogens (tertiary/aromatic N) is 1. The zero-order valence-corrected chi connectivity index (χ0v) is 7.51. The molecule has 15 heavy (non-hydrogen) atoms. The van der Waals surface area contributed by atoms with Gasteiger partial charge in [-0.15, -0.1) is 0 Å². The Kier molecular flexibility index (Phi) is 4.93. The maximum atomic E-state index is 10.8. The number of rotatable bonds is 3. The third-order valence-electron chi connectivity index (χ3n) is 2.12. The van der Waals surface area contributed by atoms with Crippen LogP contribution in [0.5, 0.6) is 0 Å².